The summed E-state index contributed by atoms with van der Waals surface area (Å²) >= 11 is 0. The van der Waals surface area contributed by atoms with Gasteiger partial charge in [-0.25, -0.2) is 4.79 Å². The van der Waals surface area contributed by atoms with E-state index >= 15 is 0 Å². The van der Waals surface area contributed by atoms with Crippen LogP contribution in [-0.4, -0.2) is 17.4 Å². The average Bonchev–Trinajstić information content (AvgIpc) is 2.14. The summed E-state index contributed by atoms with van der Waals surface area (Å²) in [6, 6.07) is 4.68. The number of carboxylic acids is 1. The zero-order chi connectivity index (χ0) is 12.3. The number of hydrogen-bond acceptors (Lipinski definition) is 2. The number of carboxylic acid groups (broad SMARTS) is 1. The lowest BCUT2D eigenvalue weighted by atomic mass is 9.85. The lowest BCUT2D eigenvalue weighted by Gasteiger charge is -2.19. The molecule has 0 amide bonds. The third-order valence-electron chi connectivity index (χ3n) is 2.22. The quantitative estimate of drug-likeness (QED) is 0.797. The molecule has 3 heteroatoms. The molecular weight excluding hydrogens is 204 g/mol. The molecule has 1 aromatic carbocycles. The number of carbonyl (C=O) groups excluding carboxylic acids is 1. The highest BCUT2D eigenvalue weighted by Crippen LogP contribution is 2.23. The molecule has 0 atom stereocenters. The highest BCUT2D eigenvalue weighted by atomic mass is 16.4. The topological polar surface area (TPSA) is 54.4 Å². The Morgan fingerprint density at radius 2 is 2.00 bits per heavy atom. The highest BCUT2D eigenvalue weighted by Gasteiger charge is 2.17. The molecule has 1 rings (SSSR count). The van der Waals surface area contributed by atoms with Crippen LogP contribution in [0.4, 0.5) is 0 Å². The first kappa shape index (κ1) is 12.4. The minimum absolute atomic E-state index is 0.00823. The fourth-order valence-electron chi connectivity index (χ4n) is 1.61. The summed E-state index contributed by atoms with van der Waals surface area (Å²) in [5.74, 6) is -0.948. The van der Waals surface area contributed by atoms with Crippen LogP contribution in [0.1, 0.15) is 47.1 Å². The zero-order valence-electron chi connectivity index (χ0n) is 9.78. The van der Waals surface area contributed by atoms with Crippen LogP contribution in [0.2, 0.25) is 0 Å². The predicted octanol–water partition coefficient (Wildman–Crippen LogP) is 2.79. The fraction of sp³-hybridized carbons (Fsp3) is 0.385. The summed E-state index contributed by atoms with van der Waals surface area (Å²) in [4.78, 5) is 21.7. The van der Waals surface area contributed by atoms with Crippen molar-refractivity contribution in [2.75, 3.05) is 0 Å². The number of hydrogen-bond donors (Lipinski definition) is 1. The minimum atomic E-state index is -0.948. The first-order chi connectivity index (χ1) is 7.33. The molecule has 0 saturated carbocycles. The number of aromatic carboxylic acids is 1. The summed E-state index contributed by atoms with van der Waals surface area (Å²) in [5.41, 5.74) is 1.50. The molecule has 0 unspecified atom stereocenters. The first-order valence-electron chi connectivity index (χ1n) is 5.15. The van der Waals surface area contributed by atoms with Crippen molar-refractivity contribution < 1.29 is 14.7 Å². The lowest BCUT2D eigenvalue weighted by molar-refractivity contribution is 0.0695. The molecule has 0 heterocycles. The largest absolute Gasteiger partial charge is 0.478 e. The van der Waals surface area contributed by atoms with Gasteiger partial charge in [0.05, 0.1) is 5.56 Å². The Bertz CT molecular complexity index is 414. The van der Waals surface area contributed by atoms with Gasteiger partial charge in [0.15, 0.2) is 0 Å². The Hall–Kier alpha value is -1.64. The molecule has 0 aliphatic heterocycles. The van der Waals surface area contributed by atoms with Gasteiger partial charge in [-0.15, -0.1) is 0 Å². The molecule has 86 valence electrons. The summed E-state index contributed by atoms with van der Waals surface area (Å²) in [6.45, 7) is 6.10. The van der Waals surface area contributed by atoms with Gasteiger partial charge in [0.1, 0.15) is 6.29 Å². The molecule has 0 aliphatic rings. The second kappa shape index (κ2) is 4.47. The molecule has 0 saturated heterocycles. The molecule has 1 aromatic rings. The van der Waals surface area contributed by atoms with Crippen molar-refractivity contribution in [2.24, 2.45) is 5.41 Å². The van der Waals surface area contributed by atoms with E-state index in [4.69, 9.17) is 5.11 Å². The average molecular weight is 220 g/mol. The summed E-state index contributed by atoms with van der Waals surface area (Å²) < 4.78 is 0. The van der Waals surface area contributed by atoms with Crippen molar-refractivity contribution in [1.82, 2.24) is 0 Å². The molecule has 0 aromatic heterocycles. The van der Waals surface area contributed by atoms with Crippen molar-refractivity contribution in [1.29, 1.82) is 0 Å². The summed E-state index contributed by atoms with van der Waals surface area (Å²) in [5, 5.41) is 9.04. The van der Waals surface area contributed by atoms with E-state index in [1.54, 1.807) is 6.07 Å². The van der Waals surface area contributed by atoms with Crippen molar-refractivity contribution >= 4 is 12.3 Å². The second-order valence-corrected chi connectivity index (χ2v) is 5.08. The van der Waals surface area contributed by atoms with E-state index in [0.29, 0.717) is 17.5 Å². The van der Waals surface area contributed by atoms with Gasteiger partial charge >= 0.3 is 5.97 Å². The van der Waals surface area contributed by atoms with Crippen LogP contribution < -0.4 is 0 Å². The van der Waals surface area contributed by atoms with Crippen LogP contribution in [0.5, 0.6) is 0 Å². The van der Waals surface area contributed by atoms with Crippen molar-refractivity contribution in [2.45, 2.75) is 27.2 Å². The molecule has 0 spiro atoms. The second-order valence-electron chi connectivity index (χ2n) is 5.08. The minimum Gasteiger partial charge on any atom is -0.478 e. The molecule has 0 aliphatic carbocycles. The maximum atomic E-state index is 11.0. The molecule has 0 radical (unpaired) electrons. The predicted molar refractivity (Wildman–Crippen MR) is 61.9 cm³/mol. The maximum absolute atomic E-state index is 11.0. The van der Waals surface area contributed by atoms with Crippen molar-refractivity contribution in [3.05, 3.63) is 34.9 Å². The van der Waals surface area contributed by atoms with Crippen LogP contribution in [-0.2, 0) is 6.42 Å². The van der Waals surface area contributed by atoms with E-state index in [-0.39, 0.29) is 11.0 Å². The number of aldehydes is 1. The SMILES string of the molecule is CC(C)(C)Cc1cc(C=O)ccc1C(=O)O. The third kappa shape index (κ3) is 3.19. The van der Waals surface area contributed by atoms with Gasteiger partial charge in [-0.1, -0.05) is 26.8 Å². The molecule has 1 N–H and O–H groups in total. The molecule has 3 nitrogen and oxygen atoms in total. The third-order valence-corrected chi connectivity index (χ3v) is 2.22. The van der Waals surface area contributed by atoms with Crippen LogP contribution in [0, 0.1) is 5.41 Å². The Balaban J connectivity index is 3.20. The van der Waals surface area contributed by atoms with Gasteiger partial charge in [-0.3, -0.25) is 4.79 Å². The van der Waals surface area contributed by atoms with Gasteiger partial charge in [0.2, 0.25) is 0 Å². The molecule has 16 heavy (non-hydrogen) atoms. The summed E-state index contributed by atoms with van der Waals surface area (Å²) in [6.07, 6.45) is 1.37. The van der Waals surface area contributed by atoms with Gasteiger partial charge in [-0.05, 0) is 29.5 Å². The molecule has 0 fully saturated rings. The Morgan fingerprint density at radius 1 is 1.38 bits per heavy atom. The van der Waals surface area contributed by atoms with Crippen LogP contribution in [0.15, 0.2) is 18.2 Å². The van der Waals surface area contributed by atoms with E-state index in [1.807, 2.05) is 20.8 Å². The van der Waals surface area contributed by atoms with Crippen LogP contribution >= 0.6 is 0 Å². The van der Waals surface area contributed by atoms with E-state index in [1.165, 1.54) is 12.1 Å². The Labute approximate surface area is 95.1 Å². The van der Waals surface area contributed by atoms with Gasteiger partial charge in [0.25, 0.3) is 0 Å². The fourth-order valence-corrected chi connectivity index (χ4v) is 1.61. The number of carbonyl (C=O) groups is 2. The van der Waals surface area contributed by atoms with Gasteiger partial charge < -0.3 is 5.11 Å². The van der Waals surface area contributed by atoms with Gasteiger partial charge in [-0.2, -0.15) is 0 Å². The Morgan fingerprint density at radius 3 is 2.44 bits per heavy atom. The standard InChI is InChI=1S/C13H16O3/c1-13(2,3)7-10-6-9(8-14)4-5-11(10)12(15)16/h4-6,8H,7H2,1-3H3,(H,15,16). The van der Waals surface area contributed by atoms with Crippen LogP contribution in [0.25, 0.3) is 0 Å². The van der Waals surface area contributed by atoms with E-state index in [0.717, 1.165) is 6.29 Å². The monoisotopic (exact) mass is 220 g/mol. The maximum Gasteiger partial charge on any atom is 0.335 e. The molecule has 0 bridgehead atoms. The first-order valence-corrected chi connectivity index (χ1v) is 5.15. The smallest absolute Gasteiger partial charge is 0.335 e. The summed E-state index contributed by atoms with van der Waals surface area (Å²) in [7, 11) is 0. The van der Waals surface area contributed by atoms with Crippen molar-refractivity contribution in [3.8, 4) is 0 Å². The van der Waals surface area contributed by atoms with Crippen LogP contribution in [0.3, 0.4) is 0 Å². The normalized spacial score (nSPS) is 11.2. The number of benzene rings is 1. The molecular formula is C13H16O3. The zero-order valence-corrected chi connectivity index (χ0v) is 9.78. The number of rotatable bonds is 3. The van der Waals surface area contributed by atoms with E-state index in [9.17, 15) is 9.59 Å². The Kier molecular flexibility index (Phi) is 3.48. The van der Waals surface area contributed by atoms with Crippen molar-refractivity contribution in [3.63, 3.8) is 0 Å². The highest BCUT2D eigenvalue weighted by molar-refractivity contribution is 5.90. The van der Waals surface area contributed by atoms with Gasteiger partial charge in [0, 0.05) is 5.56 Å². The van der Waals surface area contributed by atoms with E-state index < -0.39 is 5.97 Å². The lowest BCUT2D eigenvalue weighted by Crippen LogP contribution is -2.13. The van der Waals surface area contributed by atoms with E-state index in [2.05, 4.69) is 0 Å².